The van der Waals surface area contributed by atoms with E-state index in [1.807, 2.05) is 60.8 Å². The van der Waals surface area contributed by atoms with Gasteiger partial charge in [0.1, 0.15) is 11.6 Å². The number of esters is 1. The normalized spacial score (nSPS) is 14.5. The average Bonchev–Trinajstić information content (AvgIpc) is 3.51. The molecule has 1 N–H and O–H groups in total. The number of aryl methyl sites for hydroxylation is 1. The molecule has 3 heterocycles. The van der Waals surface area contributed by atoms with Gasteiger partial charge in [-0.1, -0.05) is 30.4 Å². The first-order valence-electron chi connectivity index (χ1n) is 17.3. The topological polar surface area (TPSA) is 122 Å². The van der Waals surface area contributed by atoms with Gasteiger partial charge in [-0.25, -0.2) is 4.98 Å². The maximum atomic E-state index is 12.5. The molecule has 5 rings (SSSR count). The lowest BCUT2D eigenvalue weighted by Gasteiger charge is -2.40. The first kappa shape index (κ1) is 38.8. The van der Waals surface area contributed by atoms with Crippen molar-refractivity contribution < 1.29 is 24.1 Å². The van der Waals surface area contributed by atoms with Crippen molar-refractivity contribution in [2.45, 2.75) is 84.5 Å². The molecule has 1 unspecified atom stereocenters. The number of ether oxygens (including phenoxy) is 3. The molecule has 2 aromatic carbocycles. The van der Waals surface area contributed by atoms with Crippen molar-refractivity contribution in [2.75, 3.05) is 31.7 Å². The van der Waals surface area contributed by atoms with E-state index in [1.165, 1.54) is 7.11 Å². The Hall–Kier alpha value is -4.98. The summed E-state index contributed by atoms with van der Waals surface area (Å²) in [6.07, 6.45) is 5.96. The van der Waals surface area contributed by atoms with Crippen molar-refractivity contribution in [1.29, 1.82) is 5.26 Å². The fourth-order valence-electron chi connectivity index (χ4n) is 5.89. The van der Waals surface area contributed by atoms with E-state index in [-0.39, 0.29) is 24.1 Å². The minimum Gasteiger partial charge on any atom is -0.490 e. The molecule has 0 radical (unpaired) electrons. The van der Waals surface area contributed by atoms with Gasteiger partial charge in [0.05, 0.1) is 54.8 Å². The quantitative estimate of drug-likeness (QED) is 0.118. The number of rotatable bonds is 12. The van der Waals surface area contributed by atoms with Crippen molar-refractivity contribution in [1.82, 2.24) is 14.6 Å². The smallest absolute Gasteiger partial charge is 0.310 e. The third-order valence-electron chi connectivity index (χ3n) is 8.50. The first-order chi connectivity index (χ1) is 24.2. The summed E-state index contributed by atoms with van der Waals surface area (Å²) in [6, 6.07) is 17.7. The Labute approximate surface area is 302 Å². The minimum atomic E-state index is -0.500. The summed E-state index contributed by atoms with van der Waals surface area (Å²) in [5.41, 5.74) is 5.38. The van der Waals surface area contributed by atoms with Crippen molar-refractivity contribution in [3.05, 3.63) is 90.7 Å². The van der Waals surface area contributed by atoms with Crippen LogP contribution in [0.5, 0.6) is 5.75 Å². The number of nitrogens with zero attached hydrogens (tertiary/aromatic N) is 5. The molecule has 0 amide bonds. The average molecular weight is 694 g/mol. The zero-order chi connectivity index (χ0) is 37.3. The second-order valence-corrected chi connectivity index (χ2v) is 14.1. The van der Waals surface area contributed by atoms with Crippen LogP contribution >= 0.6 is 0 Å². The predicted molar refractivity (Wildman–Crippen MR) is 202 cm³/mol. The zero-order valence-corrected chi connectivity index (χ0v) is 31.0. The molecule has 0 bridgehead atoms. The van der Waals surface area contributed by atoms with Crippen LogP contribution in [0.25, 0.3) is 28.0 Å². The number of aromatic nitrogens is 3. The Morgan fingerprint density at radius 1 is 1.12 bits per heavy atom. The van der Waals surface area contributed by atoms with Crippen LogP contribution < -0.4 is 9.64 Å². The number of carbonyl (C=O) groups excluding carboxylic acids is 1. The fourth-order valence-corrected chi connectivity index (χ4v) is 5.89. The fraction of sp³-hybridized carbons (Fsp3) is 0.415. The van der Waals surface area contributed by atoms with E-state index in [0.29, 0.717) is 30.0 Å². The highest BCUT2D eigenvalue weighted by atomic mass is 16.5. The van der Waals surface area contributed by atoms with Gasteiger partial charge >= 0.3 is 5.97 Å². The SMILES string of the molecule is C=CCOC1(C)CCN(c2c(CC(=O)OC)c(C)nc3cc(-c4cccc(-c5cc(C#N)ccc5OC(C)CC=C)c4)nn23)CC1.CC(C)(C)O. The van der Waals surface area contributed by atoms with E-state index in [2.05, 4.69) is 37.1 Å². The number of methoxy groups -OCH3 is 1. The molecular weight excluding hydrogens is 642 g/mol. The highest BCUT2D eigenvalue weighted by Gasteiger charge is 2.33. The standard InChI is InChI=1S/C37H41N5O4.C4H10O/c1-7-10-25(3)46-33-14-13-27(24-38)20-31(33)28-11-9-12-29(21-28)32-23-34-39-26(4)30(22-35(43)44-6)36(42(34)40-32)41-17-15-37(5,16-18-41)45-19-8-2;1-4(2,3)5/h7-9,11-14,20-21,23,25H,1-2,10,15-19,22H2,3-6H3;5H,1-3H3. The van der Waals surface area contributed by atoms with Gasteiger partial charge < -0.3 is 24.2 Å². The molecule has 1 fully saturated rings. The monoisotopic (exact) mass is 693 g/mol. The summed E-state index contributed by atoms with van der Waals surface area (Å²) in [5.74, 6) is 1.21. The third-order valence-corrected chi connectivity index (χ3v) is 8.50. The number of hydrogen-bond acceptors (Lipinski definition) is 9. The molecule has 4 aromatic rings. The molecule has 10 nitrogen and oxygen atoms in total. The summed E-state index contributed by atoms with van der Waals surface area (Å²) in [5, 5.41) is 23.2. The lowest BCUT2D eigenvalue weighted by Crippen LogP contribution is -2.45. The number of fused-ring (bicyclic) bond motifs is 1. The molecule has 0 saturated carbocycles. The van der Waals surface area contributed by atoms with Gasteiger partial charge in [0, 0.05) is 48.0 Å². The van der Waals surface area contributed by atoms with Gasteiger partial charge in [0.15, 0.2) is 5.65 Å². The molecule has 1 aliphatic rings. The van der Waals surface area contributed by atoms with Crippen LogP contribution in [0.1, 0.15) is 70.7 Å². The van der Waals surface area contributed by atoms with Gasteiger partial charge in [0.25, 0.3) is 0 Å². The summed E-state index contributed by atoms with van der Waals surface area (Å²) < 4.78 is 19.3. The molecular formula is C41H51N5O5. The largest absolute Gasteiger partial charge is 0.490 e. The number of nitriles is 1. The number of benzene rings is 2. The Balaban J connectivity index is 0.00000109. The van der Waals surface area contributed by atoms with Crippen molar-refractivity contribution in [3.63, 3.8) is 0 Å². The minimum absolute atomic E-state index is 0.0704. The Morgan fingerprint density at radius 3 is 2.43 bits per heavy atom. The van der Waals surface area contributed by atoms with Crippen LogP contribution in [0.15, 0.2) is 73.8 Å². The van der Waals surface area contributed by atoms with E-state index in [0.717, 1.165) is 65.4 Å². The number of aliphatic hydroxyl groups is 1. The molecule has 1 saturated heterocycles. The molecule has 1 atom stereocenters. The van der Waals surface area contributed by atoms with Crippen molar-refractivity contribution in [3.8, 4) is 34.2 Å². The lowest BCUT2D eigenvalue weighted by atomic mass is 9.93. The maximum absolute atomic E-state index is 12.5. The second kappa shape index (κ2) is 16.8. The van der Waals surface area contributed by atoms with Gasteiger partial charge in [0.2, 0.25) is 0 Å². The number of carbonyl (C=O) groups is 1. The van der Waals surface area contributed by atoms with E-state index in [4.69, 9.17) is 29.4 Å². The Kier molecular flexibility index (Phi) is 12.8. The van der Waals surface area contributed by atoms with Gasteiger partial charge in [-0.3, -0.25) is 4.79 Å². The zero-order valence-electron chi connectivity index (χ0n) is 31.0. The number of anilines is 1. The number of hydrogen-bond donors (Lipinski definition) is 1. The molecule has 0 aliphatic carbocycles. The van der Waals surface area contributed by atoms with Crippen LogP contribution in [-0.4, -0.2) is 69.8 Å². The molecule has 270 valence electrons. The van der Waals surface area contributed by atoms with E-state index in [9.17, 15) is 10.1 Å². The first-order valence-corrected chi connectivity index (χ1v) is 17.3. The predicted octanol–water partition coefficient (Wildman–Crippen LogP) is 7.64. The van der Waals surface area contributed by atoms with Crippen LogP contribution in [-0.2, 0) is 20.7 Å². The Morgan fingerprint density at radius 2 is 1.80 bits per heavy atom. The van der Waals surface area contributed by atoms with E-state index >= 15 is 0 Å². The molecule has 2 aromatic heterocycles. The summed E-state index contributed by atoms with van der Waals surface area (Å²) in [6.45, 7) is 20.9. The molecule has 0 spiro atoms. The van der Waals surface area contributed by atoms with Gasteiger partial charge in [-0.2, -0.15) is 14.9 Å². The summed E-state index contributed by atoms with van der Waals surface area (Å²) in [4.78, 5) is 19.7. The second-order valence-electron chi connectivity index (χ2n) is 14.1. The Bertz CT molecular complexity index is 1890. The van der Waals surface area contributed by atoms with Gasteiger partial charge in [-0.05, 0) is 84.2 Å². The highest BCUT2D eigenvalue weighted by molar-refractivity contribution is 5.79. The van der Waals surface area contributed by atoms with Crippen molar-refractivity contribution >= 4 is 17.4 Å². The third kappa shape index (κ3) is 10.3. The number of piperidine rings is 1. The highest BCUT2D eigenvalue weighted by Crippen LogP contribution is 2.36. The van der Waals surface area contributed by atoms with Crippen LogP contribution in [0.4, 0.5) is 5.82 Å². The van der Waals surface area contributed by atoms with Crippen LogP contribution in [0.3, 0.4) is 0 Å². The molecule has 10 heteroatoms. The van der Waals surface area contributed by atoms with E-state index in [1.54, 1.807) is 32.9 Å². The van der Waals surface area contributed by atoms with Gasteiger partial charge in [-0.15, -0.1) is 13.2 Å². The molecule has 51 heavy (non-hydrogen) atoms. The van der Waals surface area contributed by atoms with Crippen molar-refractivity contribution in [2.24, 2.45) is 0 Å². The van der Waals surface area contributed by atoms with Crippen LogP contribution in [0, 0.1) is 18.3 Å². The van der Waals surface area contributed by atoms with Crippen LogP contribution in [0.2, 0.25) is 0 Å². The lowest BCUT2D eigenvalue weighted by molar-refractivity contribution is -0.139. The maximum Gasteiger partial charge on any atom is 0.310 e. The van der Waals surface area contributed by atoms with E-state index < -0.39 is 5.60 Å². The molecule has 1 aliphatic heterocycles. The summed E-state index contributed by atoms with van der Waals surface area (Å²) in [7, 11) is 1.40. The summed E-state index contributed by atoms with van der Waals surface area (Å²) >= 11 is 0.